The second kappa shape index (κ2) is 7.25. The predicted molar refractivity (Wildman–Crippen MR) is 66.8 cm³/mol. The maximum absolute atomic E-state index is 8.96. The standard InChI is InChI=1S/C13H21NO2/c1-11(10-15)9-14-13-6-4-3-5-12(13)7-8-16-2/h3-6,11,14-15H,7-10H2,1-2H3. The Kier molecular flexibility index (Phi) is 5.90. The summed E-state index contributed by atoms with van der Waals surface area (Å²) in [5.74, 6) is 0.274. The molecule has 0 bridgehead atoms. The number of para-hydroxylation sites is 1. The van der Waals surface area contributed by atoms with Crippen LogP contribution in [0.4, 0.5) is 5.69 Å². The Morgan fingerprint density at radius 1 is 1.38 bits per heavy atom. The van der Waals surface area contributed by atoms with E-state index >= 15 is 0 Å². The average Bonchev–Trinajstić information content (AvgIpc) is 2.34. The van der Waals surface area contributed by atoms with Crippen LogP contribution >= 0.6 is 0 Å². The number of hydrogen-bond donors (Lipinski definition) is 2. The largest absolute Gasteiger partial charge is 0.396 e. The summed E-state index contributed by atoms with van der Waals surface area (Å²) >= 11 is 0. The van der Waals surface area contributed by atoms with Gasteiger partial charge < -0.3 is 15.2 Å². The summed E-state index contributed by atoms with van der Waals surface area (Å²) in [5, 5.41) is 12.3. The molecule has 0 fully saturated rings. The second-order valence-electron chi connectivity index (χ2n) is 4.07. The van der Waals surface area contributed by atoms with E-state index in [1.54, 1.807) is 7.11 Å². The van der Waals surface area contributed by atoms with Gasteiger partial charge in [0.25, 0.3) is 0 Å². The zero-order chi connectivity index (χ0) is 11.8. The Morgan fingerprint density at radius 3 is 2.81 bits per heavy atom. The highest BCUT2D eigenvalue weighted by atomic mass is 16.5. The van der Waals surface area contributed by atoms with Crippen molar-refractivity contribution in [3.63, 3.8) is 0 Å². The minimum Gasteiger partial charge on any atom is -0.396 e. The fourth-order valence-electron chi connectivity index (χ4n) is 1.47. The van der Waals surface area contributed by atoms with Gasteiger partial charge in [-0.3, -0.25) is 0 Å². The highest BCUT2D eigenvalue weighted by Crippen LogP contribution is 2.16. The summed E-state index contributed by atoms with van der Waals surface area (Å²) in [6.07, 6.45) is 0.910. The third-order valence-corrected chi connectivity index (χ3v) is 2.55. The normalized spacial score (nSPS) is 12.4. The minimum atomic E-state index is 0.216. The predicted octanol–water partition coefficient (Wildman–Crippen LogP) is 1.92. The van der Waals surface area contributed by atoms with Crippen LogP contribution in [-0.2, 0) is 11.2 Å². The lowest BCUT2D eigenvalue weighted by molar-refractivity contribution is 0.202. The van der Waals surface area contributed by atoms with Crippen LogP contribution in [0.25, 0.3) is 0 Å². The SMILES string of the molecule is COCCc1ccccc1NCC(C)CO. The molecule has 0 aliphatic carbocycles. The van der Waals surface area contributed by atoms with Gasteiger partial charge in [-0.1, -0.05) is 25.1 Å². The van der Waals surface area contributed by atoms with Crippen LogP contribution in [0.1, 0.15) is 12.5 Å². The molecule has 1 aromatic rings. The second-order valence-corrected chi connectivity index (χ2v) is 4.07. The Labute approximate surface area is 97.4 Å². The number of methoxy groups -OCH3 is 1. The van der Waals surface area contributed by atoms with Crippen molar-refractivity contribution in [3.05, 3.63) is 29.8 Å². The summed E-state index contributed by atoms with van der Waals surface area (Å²) < 4.78 is 5.08. The number of aliphatic hydroxyl groups is 1. The van der Waals surface area contributed by atoms with Crippen LogP contribution in [0, 0.1) is 5.92 Å². The maximum atomic E-state index is 8.96. The number of rotatable bonds is 7. The number of aliphatic hydroxyl groups excluding tert-OH is 1. The highest BCUT2D eigenvalue weighted by molar-refractivity contribution is 5.51. The summed E-state index contributed by atoms with van der Waals surface area (Å²) in [4.78, 5) is 0. The first-order valence-corrected chi connectivity index (χ1v) is 5.69. The van der Waals surface area contributed by atoms with E-state index in [9.17, 15) is 0 Å². The third kappa shape index (κ3) is 4.21. The van der Waals surface area contributed by atoms with Gasteiger partial charge in [0, 0.05) is 25.9 Å². The molecule has 16 heavy (non-hydrogen) atoms. The molecule has 0 aliphatic rings. The van der Waals surface area contributed by atoms with Gasteiger partial charge in [0.1, 0.15) is 0 Å². The number of anilines is 1. The van der Waals surface area contributed by atoms with Crippen molar-refractivity contribution in [2.75, 3.05) is 32.2 Å². The molecule has 0 spiro atoms. The van der Waals surface area contributed by atoms with Crippen LogP contribution in [0.5, 0.6) is 0 Å². The van der Waals surface area contributed by atoms with Crippen LogP contribution < -0.4 is 5.32 Å². The van der Waals surface area contributed by atoms with Gasteiger partial charge in [0.2, 0.25) is 0 Å². The monoisotopic (exact) mass is 223 g/mol. The van der Waals surface area contributed by atoms with Gasteiger partial charge in [-0.2, -0.15) is 0 Å². The van der Waals surface area contributed by atoms with E-state index in [-0.39, 0.29) is 12.5 Å². The first kappa shape index (κ1) is 13.0. The Bertz CT molecular complexity index is 302. The molecular weight excluding hydrogens is 202 g/mol. The van der Waals surface area contributed by atoms with E-state index in [0.29, 0.717) is 0 Å². The van der Waals surface area contributed by atoms with E-state index < -0.39 is 0 Å². The third-order valence-electron chi connectivity index (χ3n) is 2.55. The van der Waals surface area contributed by atoms with Gasteiger partial charge in [-0.05, 0) is 24.0 Å². The molecule has 1 atom stereocenters. The fraction of sp³-hybridized carbons (Fsp3) is 0.538. The van der Waals surface area contributed by atoms with Gasteiger partial charge in [0.05, 0.1) is 6.61 Å². The topological polar surface area (TPSA) is 41.5 Å². The highest BCUT2D eigenvalue weighted by Gasteiger charge is 2.03. The van der Waals surface area contributed by atoms with Crippen molar-refractivity contribution in [1.82, 2.24) is 0 Å². The average molecular weight is 223 g/mol. The molecule has 1 unspecified atom stereocenters. The van der Waals surface area contributed by atoms with Crippen molar-refractivity contribution in [3.8, 4) is 0 Å². The van der Waals surface area contributed by atoms with Gasteiger partial charge in [-0.25, -0.2) is 0 Å². The van der Waals surface area contributed by atoms with Gasteiger partial charge in [0.15, 0.2) is 0 Å². The Morgan fingerprint density at radius 2 is 2.12 bits per heavy atom. The molecule has 0 radical (unpaired) electrons. The zero-order valence-electron chi connectivity index (χ0n) is 10.1. The zero-order valence-corrected chi connectivity index (χ0v) is 10.1. The molecule has 0 amide bonds. The lowest BCUT2D eigenvalue weighted by Gasteiger charge is -2.14. The quantitative estimate of drug-likeness (QED) is 0.742. The van der Waals surface area contributed by atoms with Crippen LogP contribution in [-0.4, -0.2) is 32.0 Å². The van der Waals surface area contributed by atoms with Crippen molar-refractivity contribution in [1.29, 1.82) is 0 Å². The molecule has 90 valence electrons. The van der Waals surface area contributed by atoms with Crippen molar-refractivity contribution in [2.24, 2.45) is 5.92 Å². The molecule has 0 aromatic heterocycles. The molecule has 1 rings (SSSR count). The van der Waals surface area contributed by atoms with Gasteiger partial charge in [-0.15, -0.1) is 0 Å². The van der Waals surface area contributed by atoms with Crippen molar-refractivity contribution in [2.45, 2.75) is 13.3 Å². The van der Waals surface area contributed by atoms with E-state index in [4.69, 9.17) is 9.84 Å². The summed E-state index contributed by atoms with van der Waals surface area (Å²) in [6, 6.07) is 8.22. The van der Waals surface area contributed by atoms with Crippen LogP contribution in [0.15, 0.2) is 24.3 Å². The molecule has 3 heteroatoms. The molecule has 3 nitrogen and oxygen atoms in total. The van der Waals surface area contributed by atoms with Crippen LogP contribution in [0.3, 0.4) is 0 Å². The first-order chi connectivity index (χ1) is 7.77. The lowest BCUT2D eigenvalue weighted by Crippen LogP contribution is -2.15. The molecule has 0 saturated heterocycles. The van der Waals surface area contributed by atoms with Gasteiger partial charge >= 0.3 is 0 Å². The maximum Gasteiger partial charge on any atom is 0.0503 e. The molecule has 0 saturated carbocycles. The number of ether oxygens (including phenoxy) is 1. The summed E-state index contributed by atoms with van der Waals surface area (Å²) in [5.41, 5.74) is 2.40. The lowest BCUT2D eigenvalue weighted by atomic mass is 10.1. The molecule has 0 aliphatic heterocycles. The van der Waals surface area contributed by atoms with Crippen molar-refractivity contribution < 1.29 is 9.84 Å². The summed E-state index contributed by atoms with van der Waals surface area (Å²) in [6.45, 7) is 3.76. The number of nitrogens with one attached hydrogen (secondary N) is 1. The minimum absolute atomic E-state index is 0.216. The molecular formula is C13H21NO2. The first-order valence-electron chi connectivity index (χ1n) is 5.69. The van der Waals surface area contributed by atoms with E-state index in [0.717, 1.165) is 25.3 Å². The van der Waals surface area contributed by atoms with Crippen molar-refractivity contribution >= 4 is 5.69 Å². The summed E-state index contributed by atoms with van der Waals surface area (Å²) in [7, 11) is 1.71. The van der Waals surface area contributed by atoms with E-state index in [2.05, 4.69) is 17.4 Å². The van der Waals surface area contributed by atoms with Crippen LogP contribution in [0.2, 0.25) is 0 Å². The Hall–Kier alpha value is -1.06. The number of hydrogen-bond acceptors (Lipinski definition) is 3. The smallest absolute Gasteiger partial charge is 0.0503 e. The molecule has 1 aromatic carbocycles. The molecule has 2 N–H and O–H groups in total. The number of benzene rings is 1. The molecule has 0 heterocycles. The van der Waals surface area contributed by atoms with E-state index in [1.165, 1.54) is 5.56 Å². The Balaban J connectivity index is 2.56. The fourth-order valence-corrected chi connectivity index (χ4v) is 1.47. The van der Waals surface area contributed by atoms with E-state index in [1.807, 2.05) is 19.1 Å².